The lowest BCUT2D eigenvalue weighted by molar-refractivity contribution is -0.120. The molecule has 6 nitrogen and oxygen atoms in total. The summed E-state index contributed by atoms with van der Waals surface area (Å²) < 4.78 is 5.26. The first kappa shape index (κ1) is 18.5. The van der Waals surface area contributed by atoms with E-state index in [2.05, 4.69) is 15.6 Å². The Hall–Kier alpha value is -1.82. The van der Waals surface area contributed by atoms with E-state index in [1.807, 2.05) is 20.8 Å². The summed E-state index contributed by atoms with van der Waals surface area (Å²) in [7, 11) is 0. The highest BCUT2D eigenvalue weighted by molar-refractivity contribution is 6.33. The second kappa shape index (κ2) is 7.83. The summed E-state index contributed by atoms with van der Waals surface area (Å²) in [6.45, 7) is 5.49. The van der Waals surface area contributed by atoms with Gasteiger partial charge in [-0.15, -0.1) is 0 Å². The predicted octanol–water partition coefficient (Wildman–Crippen LogP) is 3.76. The van der Waals surface area contributed by atoms with Crippen LogP contribution in [0.2, 0.25) is 5.02 Å². The number of anilines is 1. The molecule has 7 heteroatoms. The standard InChI is InChI=1S/C17H24ClN3O3/c1-17(2,3)24-16(23)20-12-6-4-11(5-7-12)15(22)21-14-10-19-9-8-13(14)18/h8-12H,4-7H2,1-3H3,(H,20,23)(H,21,22). The van der Waals surface area contributed by atoms with Crippen LogP contribution in [0.5, 0.6) is 0 Å². The highest BCUT2D eigenvalue weighted by atomic mass is 35.5. The van der Waals surface area contributed by atoms with Crippen molar-refractivity contribution in [3.05, 3.63) is 23.5 Å². The van der Waals surface area contributed by atoms with Crippen LogP contribution in [0.25, 0.3) is 0 Å². The molecule has 132 valence electrons. The fourth-order valence-electron chi connectivity index (χ4n) is 2.68. The SMILES string of the molecule is CC(C)(C)OC(=O)NC1CCC(C(=O)Nc2cnccc2Cl)CC1. The zero-order valence-corrected chi connectivity index (χ0v) is 15.0. The summed E-state index contributed by atoms with van der Waals surface area (Å²) in [6, 6.07) is 1.68. The molecule has 2 amide bonds. The largest absolute Gasteiger partial charge is 0.444 e. The van der Waals surface area contributed by atoms with Gasteiger partial charge in [-0.2, -0.15) is 0 Å². The number of carbonyl (C=O) groups excluding carboxylic acids is 2. The Bertz CT molecular complexity index is 593. The van der Waals surface area contributed by atoms with Crippen molar-refractivity contribution in [3.8, 4) is 0 Å². The van der Waals surface area contributed by atoms with Gasteiger partial charge in [-0.05, 0) is 52.5 Å². The molecule has 1 fully saturated rings. The zero-order valence-electron chi connectivity index (χ0n) is 14.3. The molecule has 2 N–H and O–H groups in total. The first-order valence-electron chi connectivity index (χ1n) is 8.14. The van der Waals surface area contributed by atoms with Gasteiger partial charge in [0.2, 0.25) is 5.91 Å². The molecule has 0 unspecified atom stereocenters. The van der Waals surface area contributed by atoms with Crippen LogP contribution < -0.4 is 10.6 Å². The van der Waals surface area contributed by atoms with Crippen LogP contribution in [0, 0.1) is 5.92 Å². The predicted molar refractivity (Wildman–Crippen MR) is 93.0 cm³/mol. The Morgan fingerprint density at radius 3 is 2.50 bits per heavy atom. The number of alkyl carbamates (subject to hydrolysis) is 1. The summed E-state index contributed by atoms with van der Waals surface area (Å²) in [6.07, 6.45) is 5.63. The maximum Gasteiger partial charge on any atom is 0.407 e. The van der Waals surface area contributed by atoms with Gasteiger partial charge in [-0.3, -0.25) is 9.78 Å². The average molecular weight is 354 g/mol. The smallest absolute Gasteiger partial charge is 0.407 e. The van der Waals surface area contributed by atoms with Crippen LogP contribution in [0.3, 0.4) is 0 Å². The second-order valence-corrected chi connectivity index (χ2v) is 7.45. The molecule has 0 aromatic carbocycles. The van der Waals surface area contributed by atoms with Gasteiger partial charge in [0.05, 0.1) is 16.9 Å². The number of aromatic nitrogens is 1. The quantitative estimate of drug-likeness (QED) is 0.867. The van der Waals surface area contributed by atoms with Gasteiger partial charge in [0.1, 0.15) is 5.60 Å². The number of carbonyl (C=O) groups is 2. The molecule has 0 bridgehead atoms. The number of halogens is 1. The van der Waals surface area contributed by atoms with E-state index in [0.29, 0.717) is 23.6 Å². The molecule has 1 saturated carbocycles. The molecular weight excluding hydrogens is 330 g/mol. The van der Waals surface area contributed by atoms with Crippen LogP contribution in [0.4, 0.5) is 10.5 Å². The van der Waals surface area contributed by atoms with E-state index >= 15 is 0 Å². The van der Waals surface area contributed by atoms with E-state index in [4.69, 9.17) is 16.3 Å². The van der Waals surface area contributed by atoms with Crippen molar-refractivity contribution in [1.29, 1.82) is 0 Å². The molecule has 24 heavy (non-hydrogen) atoms. The number of hydrogen-bond donors (Lipinski definition) is 2. The van der Waals surface area contributed by atoms with Crippen molar-refractivity contribution in [2.75, 3.05) is 5.32 Å². The molecular formula is C17H24ClN3O3. The van der Waals surface area contributed by atoms with Gasteiger partial charge in [0.15, 0.2) is 0 Å². The number of nitrogens with one attached hydrogen (secondary N) is 2. The van der Waals surface area contributed by atoms with E-state index in [-0.39, 0.29) is 17.9 Å². The third kappa shape index (κ3) is 5.67. The average Bonchev–Trinajstić information content (AvgIpc) is 2.48. The summed E-state index contributed by atoms with van der Waals surface area (Å²) in [4.78, 5) is 28.1. The normalized spacial score (nSPS) is 21.0. The number of pyridine rings is 1. The van der Waals surface area contributed by atoms with Crippen molar-refractivity contribution in [2.45, 2.75) is 58.1 Å². The van der Waals surface area contributed by atoms with Gasteiger partial charge < -0.3 is 15.4 Å². The maximum atomic E-state index is 12.3. The van der Waals surface area contributed by atoms with E-state index in [9.17, 15) is 9.59 Å². The molecule has 0 atom stereocenters. The van der Waals surface area contributed by atoms with Crippen LogP contribution in [-0.4, -0.2) is 28.6 Å². The highest BCUT2D eigenvalue weighted by Crippen LogP contribution is 2.27. The van der Waals surface area contributed by atoms with Gasteiger partial charge in [-0.25, -0.2) is 4.79 Å². The molecule has 1 aliphatic rings. The summed E-state index contributed by atoms with van der Waals surface area (Å²) >= 11 is 6.02. The molecule has 1 heterocycles. The van der Waals surface area contributed by atoms with Gasteiger partial charge in [0.25, 0.3) is 0 Å². The van der Waals surface area contributed by atoms with E-state index < -0.39 is 11.7 Å². The maximum absolute atomic E-state index is 12.3. The Kier molecular flexibility index (Phi) is 6.04. The van der Waals surface area contributed by atoms with Crippen LogP contribution in [0.1, 0.15) is 46.5 Å². The topological polar surface area (TPSA) is 80.3 Å². The van der Waals surface area contributed by atoms with Gasteiger partial charge in [-0.1, -0.05) is 11.6 Å². The van der Waals surface area contributed by atoms with Gasteiger partial charge >= 0.3 is 6.09 Å². The first-order chi connectivity index (χ1) is 11.2. The van der Waals surface area contributed by atoms with Crippen molar-refractivity contribution < 1.29 is 14.3 Å². The van der Waals surface area contributed by atoms with Gasteiger partial charge in [0, 0.05) is 18.2 Å². The van der Waals surface area contributed by atoms with E-state index in [1.165, 1.54) is 6.20 Å². The number of ether oxygens (including phenoxy) is 1. The first-order valence-corrected chi connectivity index (χ1v) is 8.52. The number of rotatable bonds is 3. The van der Waals surface area contributed by atoms with Crippen LogP contribution >= 0.6 is 11.6 Å². The third-order valence-electron chi connectivity index (χ3n) is 3.84. The lowest BCUT2D eigenvalue weighted by Crippen LogP contribution is -2.42. The Morgan fingerprint density at radius 1 is 1.25 bits per heavy atom. The third-order valence-corrected chi connectivity index (χ3v) is 4.17. The number of nitrogens with zero attached hydrogens (tertiary/aromatic N) is 1. The van der Waals surface area contributed by atoms with Crippen LogP contribution in [0.15, 0.2) is 18.5 Å². The molecule has 0 radical (unpaired) electrons. The Balaban J connectivity index is 1.79. The Morgan fingerprint density at radius 2 is 1.92 bits per heavy atom. The Labute approximate surface area is 147 Å². The summed E-state index contributed by atoms with van der Waals surface area (Å²) in [5, 5.41) is 6.16. The van der Waals surface area contributed by atoms with Crippen LogP contribution in [-0.2, 0) is 9.53 Å². The molecule has 1 aromatic heterocycles. The van der Waals surface area contributed by atoms with Crippen molar-refractivity contribution >= 4 is 29.3 Å². The molecule has 2 rings (SSSR count). The summed E-state index contributed by atoms with van der Waals surface area (Å²) in [5.41, 5.74) is 0.0163. The molecule has 1 aromatic rings. The minimum absolute atomic E-state index is 0.0471. The minimum atomic E-state index is -0.510. The minimum Gasteiger partial charge on any atom is -0.444 e. The molecule has 0 spiro atoms. The lowest BCUT2D eigenvalue weighted by atomic mass is 9.85. The van der Waals surface area contributed by atoms with E-state index in [0.717, 1.165) is 12.8 Å². The van der Waals surface area contributed by atoms with E-state index in [1.54, 1.807) is 12.3 Å². The fourth-order valence-corrected chi connectivity index (χ4v) is 2.83. The summed E-state index contributed by atoms with van der Waals surface area (Å²) in [5.74, 6) is -0.140. The second-order valence-electron chi connectivity index (χ2n) is 7.04. The number of hydrogen-bond acceptors (Lipinski definition) is 4. The lowest BCUT2D eigenvalue weighted by Gasteiger charge is -2.29. The monoisotopic (exact) mass is 353 g/mol. The van der Waals surface area contributed by atoms with Crippen molar-refractivity contribution in [1.82, 2.24) is 10.3 Å². The molecule has 1 aliphatic carbocycles. The zero-order chi connectivity index (χ0) is 17.7. The fraction of sp³-hybridized carbons (Fsp3) is 0.588. The molecule has 0 aliphatic heterocycles. The molecule has 0 saturated heterocycles. The van der Waals surface area contributed by atoms with Crippen molar-refractivity contribution in [3.63, 3.8) is 0 Å². The number of amides is 2. The highest BCUT2D eigenvalue weighted by Gasteiger charge is 2.28. The van der Waals surface area contributed by atoms with Crippen molar-refractivity contribution in [2.24, 2.45) is 5.92 Å².